The average molecular weight is 404 g/mol. The Balaban J connectivity index is 1.47. The number of benzene rings is 1. The number of carbonyl (C=O) groups excluding carboxylic acids is 1. The number of nitrogen functional groups attached to an aromatic ring is 1. The Hall–Kier alpha value is -4.26. The molecule has 2 aromatic carbocycles. The molecule has 1 amide bonds. The number of hydrogen-bond donors (Lipinski definition) is 3. The fraction of sp³-hybridized carbons (Fsp3) is 0.200. The number of nitrogens with zero attached hydrogens (tertiary/aromatic N) is 3. The van der Waals surface area contributed by atoms with Gasteiger partial charge in [-0.05, 0) is 23.1 Å². The second kappa shape index (κ2) is 7.29. The standard InChI is InChI=1S/C20H16N6O4/c21-6-13-8-23-18(25-19(13)29)20(30)24-7-10-1-2-11-3-4-26(9-12(11)5-10)15-14(22)16(27)17(15)28/h1-2,5,8H,3-4,7,9,22H2,(H,24,30)(H,23,25,29). The van der Waals surface area contributed by atoms with Gasteiger partial charge in [-0.1, -0.05) is 18.2 Å². The maximum Gasteiger partial charge on any atom is 0.287 e. The number of fused-ring (bicyclic) bond motifs is 1. The molecule has 0 unspecified atom stereocenters. The number of aromatic amines is 1. The summed E-state index contributed by atoms with van der Waals surface area (Å²) in [5.41, 5.74) is 6.84. The van der Waals surface area contributed by atoms with Crippen molar-refractivity contribution in [3.63, 3.8) is 0 Å². The summed E-state index contributed by atoms with van der Waals surface area (Å²) in [6, 6.07) is 7.44. The van der Waals surface area contributed by atoms with Crippen molar-refractivity contribution in [2.45, 2.75) is 19.5 Å². The van der Waals surface area contributed by atoms with Crippen molar-refractivity contribution in [2.24, 2.45) is 0 Å². The lowest BCUT2D eigenvalue weighted by Crippen LogP contribution is -2.44. The minimum atomic E-state index is -0.677. The maximum atomic E-state index is 12.2. The number of nitrogens with two attached hydrogens (primary N) is 1. The molecule has 0 aliphatic carbocycles. The number of amides is 1. The number of H-pyrrole nitrogens is 1. The van der Waals surface area contributed by atoms with Crippen LogP contribution in [0.1, 0.15) is 32.9 Å². The third-order valence-electron chi connectivity index (χ3n) is 5.11. The molecule has 0 spiro atoms. The van der Waals surface area contributed by atoms with E-state index >= 15 is 0 Å². The summed E-state index contributed by atoms with van der Waals surface area (Å²) in [6.45, 7) is 1.23. The monoisotopic (exact) mass is 404 g/mol. The van der Waals surface area contributed by atoms with Crippen molar-refractivity contribution in [1.82, 2.24) is 15.3 Å². The van der Waals surface area contributed by atoms with Crippen LogP contribution in [-0.4, -0.2) is 22.4 Å². The minimum Gasteiger partial charge on any atom is -0.394 e. The van der Waals surface area contributed by atoms with Gasteiger partial charge in [-0.2, -0.15) is 5.26 Å². The van der Waals surface area contributed by atoms with Crippen molar-refractivity contribution in [2.75, 3.05) is 17.2 Å². The Morgan fingerprint density at radius 1 is 1.27 bits per heavy atom. The Morgan fingerprint density at radius 3 is 2.77 bits per heavy atom. The SMILES string of the molecule is N#Cc1cnc(C(=O)NCc2ccc3c(c2)CN(c2c(N)c(=O)c2=O)CC3)[nH]c1=O. The van der Waals surface area contributed by atoms with Gasteiger partial charge in [0.1, 0.15) is 23.0 Å². The third kappa shape index (κ3) is 3.22. The van der Waals surface area contributed by atoms with Crippen LogP contribution < -0.4 is 32.4 Å². The maximum absolute atomic E-state index is 12.2. The van der Waals surface area contributed by atoms with Crippen LogP contribution in [0.4, 0.5) is 11.4 Å². The van der Waals surface area contributed by atoms with Crippen LogP contribution in [0.5, 0.6) is 0 Å². The second-order valence-electron chi connectivity index (χ2n) is 6.96. The Bertz CT molecular complexity index is 1340. The lowest BCUT2D eigenvalue weighted by atomic mass is 9.96. The quantitative estimate of drug-likeness (QED) is 0.481. The first-order chi connectivity index (χ1) is 14.4. The largest absolute Gasteiger partial charge is 0.394 e. The Kier molecular flexibility index (Phi) is 4.63. The van der Waals surface area contributed by atoms with Gasteiger partial charge in [0.25, 0.3) is 22.3 Å². The van der Waals surface area contributed by atoms with Gasteiger partial charge >= 0.3 is 0 Å². The number of aromatic nitrogens is 2. The summed E-state index contributed by atoms with van der Waals surface area (Å²) < 4.78 is 0. The molecule has 30 heavy (non-hydrogen) atoms. The molecule has 10 heteroatoms. The molecule has 0 bridgehead atoms. The molecule has 1 aromatic heterocycles. The highest BCUT2D eigenvalue weighted by molar-refractivity contribution is 5.90. The predicted octanol–water partition coefficient (Wildman–Crippen LogP) is -0.688. The molecular weight excluding hydrogens is 388 g/mol. The van der Waals surface area contributed by atoms with Crippen LogP contribution in [0.2, 0.25) is 0 Å². The van der Waals surface area contributed by atoms with Crippen molar-refractivity contribution >= 4 is 17.3 Å². The molecule has 1 aliphatic heterocycles. The van der Waals surface area contributed by atoms with E-state index in [1.807, 2.05) is 18.2 Å². The molecule has 4 N–H and O–H groups in total. The summed E-state index contributed by atoms with van der Waals surface area (Å²) in [5.74, 6) is -0.758. The van der Waals surface area contributed by atoms with Crippen LogP contribution in [-0.2, 0) is 19.5 Å². The fourth-order valence-electron chi connectivity index (χ4n) is 3.48. The Morgan fingerprint density at radius 2 is 2.07 bits per heavy atom. The highest BCUT2D eigenvalue weighted by Gasteiger charge is 2.26. The lowest BCUT2D eigenvalue weighted by molar-refractivity contribution is 0.0940. The van der Waals surface area contributed by atoms with Crippen molar-refractivity contribution in [1.29, 1.82) is 5.26 Å². The molecule has 0 radical (unpaired) electrons. The molecule has 3 aromatic rings. The second-order valence-corrected chi connectivity index (χ2v) is 6.96. The van der Waals surface area contributed by atoms with E-state index in [4.69, 9.17) is 11.0 Å². The first-order valence-electron chi connectivity index (χ1n) is 9.11. The van der Waals surface area contributed by atoms with Crippen LogP contribution in [0.3, 0.4) is 0 Å². The summed E-state index contributed by atoms with van der Waals surface area (Å²) in [4.78, 5) is 54.9. The van der Waals surface area contributed by atoms with E-state index in [1.165, 1.54) is 0 Å². The molecule has 4 rings (SSSR count). The first kappa shape index (κ1) is 19.1. The van der Waals surface area contributed by atoms with Gasteiger partial charge in [0, 0.05) is 19.6 Å². The van der Waals surface area contributed by atoms with Crippen LogP contribution in [0, 0.1) is 11.3 Å². The molecule has 10 nitrogen and oxygen atoms in total. The molecule has 150 valence electrons. The van der Waals surface area contributed by atoms with Gasteiger partial charge in [-0.3, -0.25) is 19.2 Å². The average Bonchev–Trinajstić information content (AvgIpc) is 2.76. The zero-order valence-corrected chi connectivity index (χ0v) is 15.7. The third-order valence-corrected chi connectivity index (χ3v) is 5.11. The van der Waals surface area contributed by atoms with Gasteiger partial charge in [0.05, 0.1) is 6.20 Å². The molecule has 0 atom stereocenters. The zero-order chi connectivity index (χ0) is 21.4. The summed E-state index contributed by atoms with van der Waals surface area (Å²) in [6.07, 6.45) is 1.75. The van der Waals surface area contributed by atoms with Gasteiger partial charge < -0.3 is 20.9 Å². The van der Waals surface area contributed by atoms with Crippen LogP contribution in [0.15, 0.2) is 38.8 Å². The van der Waals surface area contributed by atoms with Gasteiger partial charge in [-0.15, -0.1) is 0 Å². The summed E-state index contributed by atoms with van der Waals surface area (Å²) >= 11 is 0. The van der Waals surface area contributed by atoms with Crippen molar-refractivity contribution < 1.29 is 4.79 Å². The van der Waals surface area contributed by atoms with E-state index in [0.29, 0.717) is 19.5 Å². The minimum absolute atomic E-state index is 0.00998. The molecule has 2 heterocycles. The first-order valence-corrected chi connectivity index (χ1v) is 9.11. The lowest BCUT2D eigenvalue weighted by Gasteiger charge is -2.32. The normalized spacial score (nSPS) is 13.0. The van der Waals surface area contributed by atoms with Gasteiger partial charge in [0.15, 0.2) is 5.82 Å². The molecule has 0 fully saturated rings. The van der Waals surface area contributed by atoms with Crippen molar-refractivity contribution in [3.8, 4) is 6.07 Å². The summed E-state index contributed by atoms with van der Waals surface area (Å²) in [7, 11) is 0. The molecular formula is C20H16N6O4. The molecule has 0 saturated heterocycles. The topological polar surface area (TPSA) is 162 Å². The van der Waals surface area contributed by atoms with E-state index in [9.17, 15) is 19.2 Å². The number of anilines is 2. The van der Waals surface area contributed by atoms with Gasteiger partial charge in [0.2, 0.25) is 0 Å². The fourth-order valence-corrected chi connectivity index (χ4v) is 3.48. The Labute approximate surface area is 169 Å². The number of nitrogens with one attached hydrogen (secondary N) is 2. The van der Waals surface area contributed by atoms with E-state index in [0.717, 1.165) is 22.9 Å². The van der Waals surface area contributed by atoms with E-state index in [1.54, 1.807) is 11.0 Å². The van der Waals surface area contributed by atoms with E-state index < -0.39 is 22.3 Å². The smallest absolute Gasteiger partial charge is 0.287 e. The zero-order valence-electron chi connectivity index (χ0n) is 15.7. The van der Waals surface area contributed by atoms with Crippen LogP contribution >= 0.6 is 0 Å². The van der Waals surface area contributed by atoms with E-state index in [2.05, 4.69) is 15.3 Å². The molecule has 0 saturated carbocycles. The highest BCUT2D eigenvalue weighted by atomic mass is 16.2. The number of rotatable bonds is 4. The molecule has 1 aliphatic rings. The predicted molar refractivity (Wildman–Crippen MR) is 108 cm³/mol. The number of hydrogen-bond acceptors (Lipinski definition) is 8. The van der Waals surface area contributed by atoms with E-state index in [-0.39, 0.29) is 29.3 Å². The highest BCUT2D eigenvalue weighted by Crippen LogP contribution is 2.26. The van der Waals surface area contributed by atoms with Crippen LogP contribution in [0.25, 0.3) is 0 Å². The number of carbonyl (C=O) groups is 1. The number of nitriles is 1. The van der Waals surface area contributed by atoms with Crippen molar-refractivity contribution in [3.05, 3.63) is 83.3 Å². The summed E-state index contributed by atoms with van der Waals surface area (Å²) in [5, 5.41) is 11.4. The van der Waals surface area contributed by atoms with Gasteiger partial charge in [-0.25, -0.2) is 4.98 Å².